The minimum Gasteiger partial charge on any atom is -0.495 e. The summed E-state index contributed by atoms with van der Waals surface area (Å²) in [5, 5.41) is 14.9. The molecule has 3 aromatic rings. The van der Waals surface area contributed by atoms with Gasteiger partial charge in [-0.15, -0.1) is 0 Å². The number of urea groups is 1. The van der Waals surface area contributed by atoms with E-state index in [2.05, 4.69) is 36.6 Å². The fourth-order valence-electron chi connectivity index (χ4n) is 3.25. The van der Waals surface area contributed by atoms with Gasteiger partial charge in [0, 0.05) is 34.2 Å². The van der Waals surface area contributed by atoms with Crippen molar-refractivity contribution < 1.29 is 9.53 Å². The van der Waals surface area contributed by atoms with E-state index in [0.717, 1.165) is 11.2 Å². The third kappa shape index (κ3) is 3.95. The summed E-state index contributed by atoms with van der Waals surface area (Å²) in [4.78, 5) is 21.2. The molecule has 7 N–H and O–H groups in total. The number of carbonyl (C=O) groups excluding carboxylic acids is 1. The SMILES string of the molecule is CNc1nc(N)c2nc(NC)n(CCNC(=O)Nc3ccccc3OC)c2c1NC. The van der Waals surface area contributed by atoms with Crippen LogP contribution in [-0.2, 0) is 6.54 Å². The number of nitrogens with zero attached hydrogens (tertiary/aromatic N) is 3. The number of nitrogen functional groups attached to an aromatic ring is 1. The van der Waals surface area contributed by atoms with Gasteiger partial charge >= 0.3 is 6.03 Å². The van der Waals surface area contributed by atoms with Crippen LogP contribution in [0.1, 0.15) is 0 Å². The van der Waals surface area contributed by atoms with E-state index >= 15 is 0 Å². The van der Waals surface area contributed by atoms with Gasteiger partial charge in [0.1, 0.15) is 22.5 Å². The first kappa shape index (κ1) is 20.8. The molecule has 0 saturated heterocycles. The van der Waals surface area contributed by atoms with E-state index in [1.807, 2.05) is 23.7 Å². The molecule has 11 heteroatoms. The van der Waals surface area contributed by atoms with Crippen molar-refractivity contribution in [3.05, 3.63) is 24.3 Å². The molecule has 0 bridgehead atoms. The van der Waals surface area contributed by atoms with Crippen LogP contribution < -0.4 is 37.1 Å². The largest absolute Gasteiger partial charge is 0.495 e. The Labute approximate surface area is 174 Å². The number of amides is 2. The lowest BCUT2D eigenvalue weighted by Crippen LogP contribution is -2.31. The zero-order chi connectivity index (χ0) is 21.7. The molecule has 11 nitrogen and oxygen atoms in total. The number of hydrogen-bond donors (Lipinski definition) is 6. The molecule has 160 valence electrons. The summed E-state index contributed by atoms with van der Waals surface area (Å²) in [5.74, 6) is 2.15. The van der Waals surface area contributed by atoms with Crippen LogP contribution in [0.2, 0.25) is 0 Å². The molecule has 0 fully saturated rings. The molecule has 2 aromatic heterocycles. The van der Waals surface area contributed by atoms with Gasteiger partial charge in [-0.1, -0.05) is 12.1 Å². The fraction of sp³-hybridized carbons (Fsp3) is 0.316. The number of ether oxygens (including phenoxy) is 1. The number of carbonyl (C=O) groups is 1. The van der Waals surface area contributed by atoms with Crippen LogP contribution in [0.25, 0.3) is 11.0 Å². The number of para-hydroxylation sites is 2. The molecule has 0 aliphatic heterocycles. The number of rotatable bonds is 8. The number of hydrogen-bond acceptors (Lipinski definition) is 8. The number of pyridine rings is 1. The second-order valence-corrected chi connectivity index (χ2v) is 6.34. The quantitative estimate of drug-likeness (QED) is 0.329. The Balaban J connectivity index is 1.80. The Hall–Kier alpha value is -3.89. The maximum Gasteiger partial charge on any atom is 0.319 e. The Bertz CT molecular complexity index is 1050. The molecule has 0 atom stereocenters. The minimum atomic E-state index is -0.333. The van der Waals surface area contributed by atoms with Crippen molar-refractivity contribution in [2.24, 2.45) is 0 Å². The summed E-state index contributed by atoms with van der Waals surface area (Å²) in [6.45, 7) is 0.828. The Morgan fingerprint density at radius 1 is 1.13 bits per heavy atom. The van der Waals surface area contributed by atoms with Gasteiger partial charge in [-0.3, -0.25) is 0 Å². The average molecular weight is 413 g/mol. The second kappa shape index (κ2) is 9.07. The van der Waals surface area contributed by atoms with E-state index in [-0.39, 0.29) is 6.03 Å². The van der Waals surface area contributed by atoms with E-state index in [4.69, 9.17) is 10.5 Å². The van der Waals surface area contributed by atoms with Gasteiger partial charge in [-0.05, 0) is 12.1 Å². The van der Waals surface area contributed by atoms with Crippen molar-refractivity contribution >= 4 is 46.0 Å². The van der Waals surface area contributed by atoms with Gasteiger partial charge in [-0.2, -0.15) is 0 Å². The molecule has 0 unspecified atom stereocenters. The number of benzene rings is 1. The van der Waals surface area contributed by atoms with Crippen LogP contribution in [0.5, 0.6) is 5.75 Å². The van der Waals surface area contributed by atoms with Crippen molar-refractivity contribution in [2.45, 2.75) is 6.54 Å². The van der Waals surface area contributed by atoms with Crippen molar-refractivity contribution in [1.29, 1.82) is 0 Å². The Morgan fingerprint density at radius 3 is 2.57 bits per heavy atom. The molecule has 1 aromatic carbocycles. The monoisotopic (exact) mass is 413 g/mol. The van der Waals surface area contributed by atoms with E-state index in [9.17, 15) is 4.79 Å². The zero-order valence-electron chi connectivity index (χ0n) is 17.5. The first-order valence-corrected chi connectivity index (χ1v) is 9.44. The van der Waals surface area contributed by atoms with E-state index < -0.39 is 0 Å². The van der Waals surface area contributed by atoms with Gasteiger partial charge in [0.05, 0.1) is 12.8 Å². The van der Waals surface area contributed by atoms with Gasteiger partial charge in [0.15, 0.2) is 11.6 Å². The molecule has 0 saturated carbocycles. The molecule has 0 aliphatic carbocycles. The van der Waals surface area contributed by atoms with Crippen LogP contribution >= 0.6 is 0 Å². The van der Waals surface area contributed by atoms with Crippen molar-refractivity contribution in [3.8, 4) is 5.75 Å². The lowest BCUT2D eigenvalue weighted by molar-refractivity contribution is 0.251. The summed E-state index contributed by atoms with van der Waals surface area (Å²) in [6, 6.07) is 6.89. The second-order valence-electron chi connectivity index (χ2n) is 6.34. The molecule has 2 heterocycles. The van der Waals surface area contributed by atoms with Gasteiger partial charge < -0.3 is 41.6 Å². The lowest BCUT2D eigenvalue weighted by Gasteiger charge is -2.15. The summed E-state index contributed by atoms with van der Waals surface area (Å²) in [6.07, 6.45) is 0. The molecule has 30 heavy (non-hydrogen) atoms. The first-order valence-electron chi connectivity index (χ1n) is 9.44. The van der Waals surface area contributed by atoms with E-state index in [1.165, 1.54) is 0 Å². The Kier molecular flexibility index (Phi) is 6.30. The number of aromatic nitrogens is 3. The topological polar surface area (TPSA) is 143 Å². The zero-order valence-corrected chi connectivity index (χ0v) is 17.5. The molecule has 2 amide bonds. The van der Waals surface area contributed by atoms with Gasteiger partial charge in [-0.25, -0.2) is 14.8 Å². The normalized spacial score (nSPS) is 10.5. The predicted octanol–water partition coefficient (Wildman–Crippen LogP) is 1.97. The first-order chi connectivity index (χ1) is 14.5. The molecular formula is C19H27N9O2. The smallest absolute Gasteiger partial charge is 0.319 e. The third-order valence-electron chi connectivity index (χ3n) is 4.60. The maximum absolute atomic E-state index is 12.3. The maximum atomic E-state index is 12.3. The Morgan fingerprint density at radius 2 is 1.90 bits per heavy atom. The average Bonchev–Trinajstić information content (AvgIpc) is 3.13. The van der Waals surface area contributed by atoms with Gasteiger partial charge in [0.25, 0.3) is 0 Å². The van der Waals surface area contributed by atoms with Crippen LogP contribution in [0.15, 0.2) is 24.3 Å². The molecule has 3 rings (SSSR count). The van der Waals surface area contributed by atoms with Crippen LogP contribution in [0.4, 0.5) is 33.8 Å². The minimum absolute atomic E-state index is 0.325. The number of fused-ring (bicyclic) bond motifs is 1. The van der Waals surface area contributed by atoms with Gasteiger partial charge in [0.2, 0.25) is 5.95 Å². The number of anilines is 5. The summed E-state index contributed by atoms with van der Waals surface area (Å²) < 4.78 is 7.20. The fourth-order valence-corrected chi connectivity index (χ4v) is 3.25. The van der Waals surface area contributed by atoms with E-state index in [1.54, 1.807) is 33.3 Å². The summed E-state index contributed by atoms with van der Waals surface area (Å²) in [5.41, 5.74) is 8.86. The number of nitrogens with one attached hydrogen (secondary N) is 5. The van der Waals surface area contributed by atoms with Crippen molar-refractivity contribution in [2.75, 3.05) is 61.8 Å². The molecular weight excluding hydrogens is 386 g/mol. The van der Waals surface area contributed by atoms with Crippen LogP contribution in [-0.4, -0.2) is 55.4 Å². The highest BCUT2D eigenvalue weighted by molar-refractivity contribution is 6.01. The van der Waals surface area contributed by atoms with Crippen LogP contribution in [0, 0.1) is 0 Å². The molecule has 0 radical (unpaired) electrons. The van der Waals surface area contributed by atoms with Crippen molar-refractivity contribution in [3.63, 3.8) is 0 Å². The lowest BCUT2D eigenvalue weighted by atomic mass is 10.3. The predicted molar refractivity (Wildman–Crippen MR) is 121 cm³/mol. The highest BCUT2D eigenvalue weighted by Crippen LogP contribution is 2.34. The van der Waals surface area contributed by atoms with E-state index in [0.29, 0.717) is 47.6 Å². The van der Waals surface area contributed by atoms with Crippen molar-refractivity contribution in [1.82, 2.24) is 19.9 Å². The van der Waals surface area contributed by atoms with Crippen LogP contribution in [0.3, 0.4) is 0 Å². The summed E-state index contributed by atoms with van der Waals surface area (Å²) >= 11 is 0. The molecule has 0 aliphatic rings. The summed E-state index contributed by atoms with van der Waals surface area (Å²) in [7, 11) is 6.92. The molecule has 0 spiro atoms. The number of methoxy groups -OCH3 is 1. The highest BCUT2D eigenvalue weighted by atomic mass is 16.5. The highest BCUT2D eigenvalue weighted by Gasteiger charge is 2.20. The number of nitrogens with two attached hydrogens (primary N) is 1. The standard InChI is InChI=1S/C19H27N9O2/c1-21-14-15-13(16(20)27-17(14)22-2)26-18(23-3)28(15)10-9-24-19(29)25-11-7-5-6-8-12(11)30-4/h5-8,21H,9-10H2,1-4H3,(H,23,26)(H3,20,22,27)(H2,24,25,29). The number of imidazole rings is 1. The third-order valence-corrected chi connectivity index (χ3v) is 4.60.